The van der Waals surface area contributed by atoms with Crippen molar-refractivity contribution in [2.75, 3.05) is 77.0 Å². The van der Waals surface area contributed by atoms with Gasteiger partial charge in [0.15, 0.2) is 0 Å². The minimum Gasteiger partial charge on any atom is -0.457 e. The summed E-state index contributed by atoms with van der Waals surface area (Å²) in [6, 6.07) is 7.74. The highest BCUT2D eigenvalue weighted by molar-refractivity contribution is 7.99. The smallest absolute Gasteiger partial charge is 0.415 e. The number of benzene rings is 1. The number of nitrogens with zero attached hydrogens (tertiary/aromatic N) is 9. The third kappa shape index (κ3) is 14.8. The van der Waals surface area contributed by atoms with Gasteiger partial charge in [-0.15, -0.1) is 5.10 Å². The number of esters is 2. The molecular formula is C59H83N11O10S. The molecule has 3 N–H and O–H groups in total. The molecule has 4 amide bonds. The van der Waals surface area contributed by atoms with Crippen molar-refractivity contribution >= 4 is 58.4 Å². The van der Waals surface area contributed by atoms with Crippen LogP contribution in [-0.2, 0) is 71.6 Å². The number of rotatable bonds is 28. The van der Waals surface area contributed by atoms with Crippen LogP contribution in [0.15, 0.2) is 35.3 Å². The third-order valence-corrected chi connectivity index (χ3v) is 17.3. The highest BCUT2D eigenvalue weighted by atomic mass is 32.2. The molecule has 0 radical (unpaired) electrons. The summed E-state index contributed by atoms with van der Waals surface area (Å²) in [6.07, 6.45) is 11.9. The van der Waals surface area contributed by atoms with Crippen LogP contribution < -0.4 is 21.3 Å². The number of cyclic esters (lactones) is 1. The highest BCUT2D eigenvalue weighted by Gasteiger charge is 2.50. The fourth-order valence-corrected chi connectivity index (χ4v) is 12.5. The molecule has 2 fully saturated rings. The predicted molar refractivity (Wildman–Crippen MR) is 308 cm³/mol. The maximum Gasteiger partial charge on any atom is 0.415 e. The summed E-state index contributed by atoms with van der Waals surface area (Å²) < 4.78 is 21.1. The zero-order chi connectivity index (χ0) is 57.5. The molecule has 1 atom stereocenters. The number of amides is 4. The Morgan fingerprint density at radius 3 is 2.33 bits per heavy atom. The fourth-order valence-electron chi connectivity index (χ4n) is 11.8. The van der Waals surface area contributed by atoms with Gasteiger partial charge in [0, 0.05) is 125 Å². The third-order valence-electron chi connectivity index (χ3n) is 16.3. The van der Waals surface area contributed by atoms with Crippen LogP contribution in [0, 0.1) is 0 Å². The number of likely N-dealkylation sites (tertiary alicyclic amines) is 2. The summed E-state index contributed by atoms with van der Waals surface area (Å²) in [5.41, 5.74) is 8.48. The zero-order valence-corrected chi connectivity index (χ0v) is 48.8. The van der Waals surface area contributed by atoms with E-state index in [1.807, 2.05) is 32.2 Å². The van der Waals surface area contributed by atoms with Crippen molar-refractivity contribution in [2.45, 2.75) is 162 Å². The van der Waals surface area contributed by atoms with Gasteiger partial charge >= 0.3 is 18.0 Å². The second kappa shape index (κ2) is 29.0. The van der Waals surface area contributed by atoms with Crippen LogP contribution >= 0.6 is 11.8 Å². The summed E-state index contributed by atoms with van der Waals surface area (Å²) in [6.45, 7) is 14.3. The Morgan fingerprint density at radius 2 is 1.62 bits per heavy atom. The van der Waals surface area contributed by atoms with E-state index < -0.39 is 17.5 Å². The molecule has 4 aliphatic rings. The van der Waals surface area contributed by atoms with Crippen LogP contribution in [-0.4, -0.2) is 163 Å². The van der Waals surface area contributed by atoms with E-state index >= 15 is 0 Å². The van der Waals surface area contributed by atoms with E-state index in [1.165, 1.54) is 19.3 Å². The van der Waals surface area contributed by atoms with Crippen molar-refractivity contribution < 1.29 is 43.0 Å². The number of hydrogen-bond donors (Lipinski definition) is 2. The highest BCUT2D eigenvalue weighted by Crippen LogP contribution is 2.43. The maximum atomic E-state index is 14.4. The number of nitrogens with two attached hydrogens (primary N) is 1. The van der Waals surface area contributed by atoms with Crippen LogP contribution in [0.25, 0.3) is 22.3 Å². The molecule has 0 spiro atoms. The number of aryl methyl sites for hydroxylation is 3. The number of aromatic nitrogens is 5. The van der Waals surface area contributed by atoms with Crippen molar-refractivity contribution in [1.29, 1.82) is 0 Å². The Kier molecular flexibility index (Phi) is 21.8. The number of thioether (sulfide) groups is 1. The molecule has 7 heterocycles. The van der Waals surface area contributed by atoms with Gasteiger partial charge in [0.25, 0.3) is 5.56 Å². The lowest BCUT2D eigenvalue weighted by molar-refractivity contribution is -0.189. The maximum absolute atomic E-state index is 14.4. The Hall–Kier alpha value is -6.39. The minimum atomic E-state index is -1.81. The minimum absolute atomic E-state index is 0.0312. The number of carbonyl (C=O) groups is 6. The normalized spacial score (nSPS) is 17.0. The Morgan fingerprint density at radius 1 is 0.864 bits per heavy atom. The molecule has 2 saturated heterocycles. The van der Waals surface area contributed by atoms with Gasteiger partial charge in [-0.05, 0) is 107 Å². The van der Waals surface area contributed by atoms with Gasteiger partial charge in [0.1, 0.15) is 12.4 Å². The molecule has 1 aromatic carbocycles. The van der Waals surface area contributed by atoms with Gasteiger partial charge in [-0.25, -0.2) is 14.6 Å². The van der Waals surface area contributed by atoms with E-state index in [9.17, 15) is 33.6 Å². The molecule has 22 heteroatoms. The van der Waals surface area contributed by atoms with Gasteiger partial charge < -0.3 is 49.4 Å². The number of fused-ring (bicyclic) bond motifs is 5. The van der Waals surface area contributed by atoms with E-state index in [0.29, 0.717) is 145 Å². The standard InChI is InChI=1S/C59H83N11O10S/c1-5-44-45-36-43(79-58(77)68-28-21-42(22-29-68)65-25-12-10-13-26-65)19-20-49(45)62-55-46(44)39-70-50(55)37-48-47(56(70)75)40-78-57(76)59(48,8-4)80-54(74)18-11-9-14-27-69-38-41(63-64-69)16-15-17-51(71)61-24-30-66(52(72)6-2)31-32-67(53(73)7-3)33-35-81-34-23-60/h19-20,36-38,42H,5-18,21-35,39-40,60H2,1-4H3,(H,61,71)/t59-/m0/s1. The second-order valence-corrected chi connectivity index (χ2v) is 22.8. The molecule has 4 aliphatic heterocycles. The number of nitrogens with one attached hydrogen (secondary N) is 1. The molecular weight excluding hydrogens is 1050 g/mol. The second-order valence-electron chi connectivity index (χ2n) is 21.5. The van der Waals surface area contributed by atoms with Crippen molar-refractivity contribution in [1.82, 2.24) is 49.5 Å². The van der Waals surface area contributed by atoms with E-state index in [-0.39, 0.29) is 67.4 Å². The van der Waals surface area contributed by atoms with Crippen molar-refractivity contribution in [2.24, 2.45) is 5.73 Å². The van der Waals surface area contributed by atoms with Crippen LogP contribution in [0.3, 0.4) is 0 Å². The lowest BCUT2D eigenvalue weighted by Gasteiger charge is -2.39. The molecule has 8 rings (SSSR count). The molecule has 3 aromatic heterocycles. The van der Waals surface area contributed by atoms with Crippen LogP contribution in [0.1, 0.15) is 146 Å². The van der Waals surface area contributed by atoms with Gasteiger partial charge in [-0.1, -0.05) is 45.7 Å². The molecule has 0 unspecified atom stereocenters. The van der Waals surface area contributed by atoms with Crippen molar-refractivity contribution in [3.05, 3.63) is 68.8 Å². The fraction of sp³-hybridized carbons (Fsp3) is 0.627. The molecule has 440 valence electrons. The van der Waals surface area contributed by atoms with Crippen LogP contribution in [0.4, 0.5) is 4.79 Å². The summed E-state index contributed by atoms with van der Waals surface area (Å²) in [4.78, 5) is 106. The molecule has 21 nitrogen and oxygen atoms in total. The summed E-state index contributed by atoms with van der Waals surface area (Å²) in [5, 5.41) is 12.3. The summed E-state index contributed by atoms with van der Waals surface area (Å²) in [7, 11) is 0. The van der Waals surface area contributed by atoms with Gasteiger partial charge in [0.2, 0.25) is 23.3 Å². The molecule has 81 heavy (non-hydrogen) atoms. The average molecular weight is 1140 g/mol. The molecule has 4 aromatic rings. The first-order valence-corrected chi connectivity index (χ1v) is 30.8. The number of unbranched alkanes of at least 4 members (excludes halogenated alkanes) is 2. The zero-order valence-electron chi connectivity index (χ0n) is 48.0. The van der Waals surface area contributed by atoms with E-state index in [4.69, 9.17) is 24.9 Å². The Labute approximate surface area is 479 Å². The van der Waals surface area contributed by atoms with Gasteiger partial charge in [-0.3, -0.25) is 28.7 Å². The Balaban J connectivity index is 0.796. The molecule has 0 bridgehead atoms. The number of carbonyl (C=O) groups excluding carboxylic acids is 6. The predicted octanol–water partition coefficient (Wildman–Crippen LogP) is 6.10. The van der Waals surface area contributed by atoms with Gasteiger partial charge in [0.05, 0.1) is 34.7 Å². The van der Waals surface area contributed by atoms with Crippen LogP contribution in [0.2, 0.25) is 0 Å². The van der Waals surface area contributed by atoms with Crippen molar-refractivity contribution in [3.8, 4) is 17.1 Å². The molecule has 0 aliphatic carbocycles. The SMILES string of the molecule is CCC(=O)N(CCNC(=O)CCCc1cn(CCCCCC(=O)O[C@]2(CC)C(=O)OCc3c2cc2n(c3=O)Cc3c-2nc2ccc(OC(=O)N4CCC(N5CCCCC5)CC4)cc2c3CC)nn1)CCN(CCSCCN)C(=O)CC. The lowest BCUT2D eigenvalue weighted by Crippen LogP contribution is -2.48. The van der Waals surface area contributed by atoms with Crippen molar-refractivity contribution in [3.63, 3.8) is 0 Å². The van der Waals surface area contributed by atoms with Gasteiger partial charge in [-0.2, -0.15) is 11.8 Å². The number of piperidine rings is 2. The first-order chi connectivity index (χ1) is 39.3. The Bertz CT molecular complexity index is 2930. The number of pyridine rings is 2. The first kappa shape index (κ1) is 60.7. The quantitative estimate of drug-likeness (QED) is 0.0424. The monoisotopic (exact) mass is 1140 g/mol. The number of hydrogen-bond acceptors (Lipinski definition) is 16. The topological polar surface area (TPSA) is 247 Å². The van der Waals surface area contributed by atoms with E-state index in [2.05, 4.69) is 20.5 Å². The number of ether oxygens (including phenoxy) is 3. The first-order valence-electron chi connectivity index (χ1n) is 29.6. The molecule has 0 saturated carbocycles. The lowest BCUT2D eigenvalue weighted by atomic mass is 9.85. The summed E-state index contributed by atoms with van der Waals surface area (Å²) >= 11 is 1.70. The van der Waals surface area contributed by atoms with Crippen LogP contribution in [0.5, 0.6) is 5.75 Å². The van der Waals surface area contributed by atoms with E-state index in [1.54, 1.807) is 61.7 Å². The summed E-state index contributed by atoms with van der Waals surface area (Å²) in [5.74, 6) is 0.643. The largest absolute Gasteiger partial charge is 0.457 e. The van der Waals surface area contributed by atoms with E-state index in [0.717, 1.165) is 59.6 Å². The average Bonchev–Trinajstić information content (AvgIpc) is 4.30.